The van der Waals surface area contributed by atoms with Crippen molar-refractivity contribution in [3.8, 4) is 5.75 Å². The number of aromatic nitrogens is 1. The fourth-order valence-corrected chi connectivity index (χ4v) is 2.99. The summed E-state index contributed by atoms with van der Waals surface area (Å²) in [4.78, 5) is 5.99. The van der Waals surface area contributed by atoms with E-state index in [9.17, 15) is 0 Å². The maximum atomic E-state index is 6.02. The lowest BCUT2D eigenvalue weighted by Gasteiger charge is -2.11. The quantitative estimate of drug-likeness (QED) is 0.754. The number of pyridine rings is 1. The number of thiophene rings is 1. The number of fused-ring (bicyclic) bond motifs is 1. The van der Waals surface area contributed by atoms with Gasteiger partial charge in [-0.05, 0) is 30.6 Å². The van der Waals surface area contributed by atoms with Gasteiger partial charge in [0.05, 0.1) is 17.8 Å². The average molecular weight is 298 g/mol. The molecule has 1 aromatic carbocycles. The van der Waals surface area contributed by atoms with Crippen LogP contribution in [-0.4, -0.2) is 18.6 Å². The summed E-state index contributed by atoms with van der Waals surface area (Å²) in [7, 11) is 1.92. The normalized spacial score (nSPS) is 10.9. The summed E-state index contributed by atoms with van der Waals surface area (Å²) in [5, 5.41) is 6.31. The second-order valence-electron chi connectivity index (χ2n) is 4.84. The topological polar surface area (TPSA) is 34.1 Å². The number of nitrogens with one attached hydrogen (secondary N) is 1. The standard InChI is InChI=1S/C17H18N2OS/c1-18-12-13-11-17(15-6-2-3-7-16(15)19-13)20-9-8-14-5-4-10-21-14/h2-7,10-11,18H,8-9,12H2,1H3. The third kappa shape index (κ3) is 3.40. The Balaban J connectivity index is 1.81. The summed E-state index contributed by atoms with van der Waals surface area (Å²) in [6.07, 6.45) is 0.940. The summed E-state index contributed by atoms with van der Waals surface area (Å²) in [6, 6.07) is 14.4. The Kier molecular flexibility index (Phi) is 4.48. The molecule has 4 heteroatoms. The van der Waals surface area contributed by atoms with Crippen molar-refractivity contribution in [2.24, 2.45) is 0 Å². The zero-order valence-electron chi connectivity index (χ0n) is 12.0. The first-order chi connectivity index (χ1) is 10.4. The molecule has 0 saturated carbocycles. The van der Waals surface area contributed by atoms with Gasteiger partial charge in [-0.2, -0.15) is 0 Å². The Hall–Kier alpha value is -1.91. The van der Waals surface area contributed by atoms with Crippen molar-refractivity contribution in [1.82, 2.24) is 10.3 Å². The molecular weight excluding hydrogens is 280 g/mol. The second kappa shape index (κ2) is 6.70. The van der Waals surface area contributed by atoms with E-state index in [2.05, 4.69) is 33.9 Å². The van der Waals surface area contributed by atoms with E-state index in [4.69, 9.17) is 4.74 Å². The van der Waals surface area contributed by atoms with Gasteiger partial charge in [0.2, 0.25) is 0 Å². The fourth-order valence-electron chi connectivity index (χ4n) is 2.30. The SMILES string of the molecule is CNCc1cc(OCCc2cccs2)c2ccccc2n1. The molecule has 3 nitrogen and oxygen atoms in total. The highest BCUT2D eigenvalue weighted by atomic mass is 32.1. The van der Waals surface area contributed by atoms with Gasteiger partial charge in [-0.3, -0.25) is 4.98 Å². The minimum absolute atomic E-state index is 0.688. The first kappa shape index (κ1) is 14.0. The Bertz CT molecular complexity index is 710. The molecule has 21 heavy (non-hydrogen) atoms. The van der Waals surface area contributed by atoms with Gasteiger partial charge in [0.15, 0.2) is 0 Å². The van der Waals surface area contributed by atoms with E-state index in [0.717, 1.165) is 35.3 Å². The van der Waals surface area contributed by atoms with E-state index < -0.39 is 0 Å². The van der Waals surface area contributed by atoms with E-state index >= 15 is 0 Å². The van der Waals surface area contributed by atoms with Crippen LogP contribution in [0.4, 0.5) is 0 Å². The molecule has 0 unspecified atom stereocenters. The van der Waals surface area contributed by atoms with Crippen LogP contribution in [0.1, 0.15) is 10.6 Å². The molecule has 0 aliphatic rings. The molecule has 2 heterocycles. The van der Waals surface area contributed by atoms with Gasteiger partial charge in [-0.1, -0.05) is 18.2 Å². The van der Waals surface area contributed by atoms with Gasteiger partial charge in [0, 0.05) is 29.3 Å². The van der Waals surface area contributed by atoms with Crippen molar-refractivity contribution in [2.45, 2.75) is 13.0 Å². The van der Waals surface area contributed by atoms with Crippen molar-refractivity contribution in [3.63, 3.8) is 0 Å². The van der Waals surface area contributed by atoms with Crippen LogP contribution in [-0.2, 0) is 13.0 Å². The van der Waals surface area contributed by atoms with Crippen molar-refractivity contribution >= 4 is 22.2 Å². The van der Waals surface area contributed by atoms with Crippen LogP contribution >= 0.6 is 11.3 Å². The molecule has 0 fully saturated rings. The first-order valence-corrected chi connectivity index (χ1v) is 7.93. The Morgan fingerprint density at radius 2 is 2.10 bits per heavy atom. The molecule has 0 aliphatic carbocycles. The third-order valence-electron chi connectivity index (χ3n) is 3.28. The third-order valence-corrected chi connectivity index (χ3v) is 4.21. The number of hydrogen-bond acceptors (Lipinski definition) is 4. The predicted octanol–water partition coefficient (Wildman–Crippen LogP) is 3.64. The van der Waals surface area contributed by atoms with Crippen molar-refractivity contribution in [3.05, 3.63) is 58.4 Å². The minimum Gasteiger partial charge on any atom is -0.492 e. The summed E-state index contributed by atoms with van der Waals surface area (Å²) in [6.45, 7) is 1.43. The van der Waals surface area contributed by atoms with Crippen molar-refractivity contribution in [2.75, 3.05) is 13.7 Å². The lowest BCUT2D eigenvalue weighted by Crippen LogP contribution is -2.08. The van der Waals surface area contributed by atoms with Crippen molar-refractivity contribution < 1.29 is 4.74 Å². The highest BCUT2D eigenvalue weighted by Gasteiger charge is 2.06. The summed E-state index contributed by atoms with van der Waals surface area (Å²) >= 11 is 1.77. The van der Waals surface area contributed by atoms with Crippen LogP contribution in [0.2, 0.25) is 0 Å². The number of ether oxygens (including phenoxy) is 1. The first-order valence-electron chi connectivity index (χ1n) is 7.05. The highest BCUT2D eigenvalue weighted by Crippen LogP contribution is 2.25. The molecule has 3 rings (SSSR count). The highest BCUT2D eigenvalue weighted by molar-refractivity contribution is 7.09. The second-order valence-corrected chi connectivity index (χ2v) is 5.87. The maximum absolute atomic E-state index is 6.02. The molecule has 2 aromatic heterocycles. The Morgan fingerprint density at radius 3 is 2.90 bits per heavy atom. The summed E-state index contributed by atoms with van der Waals surface area (Å²) < 4.78 is 6.02. The van der Waals surface area contributed by atoms with Gasteiger partial charge < -0.3 is 10.1 Å². The molecule has 0 aliphatic heterocycles. The van der Waals surface area contributed by atoms with Crippen LogP contribution < -0.4 is 10.1 Å². The maximum Gasteiger partial charge on any atom is 0.130 e. The average Bonchev–Trinajstić information content (AvgIpc) is 3.01. The van der Waals surface area contributed by atoms with Gasteiger partial charge in [0.1, 0.15) is 5.75 Å². The number of para-hydroxylation sites is 1. The largest absolute Gasteiger partial charge is 0.492 e. The van der Waals surface area contributed by atoms with Crippen LogP contribution in [0.3, 0.4) is 0 Å². The summed E-state index contributed by atoms with van der Waals surface area (Å²) in [5.74, 6) is 0.919. The van der Waals surface area contributed by atoms with Crippen LogP contribution in [0.15, 0.2) is 47.8 Å². The molecule has 0 bridgehead atoms. The van der Waals surface area contributed by atoms with E-state index in [-0.39, 0.29) is 0 Å². The molecule has 0 spiro atoms. The zero-order valence-corrected chi connectivity index (χ0v) is 12.8. The zero-order chi connectivity index (χ0) is 14.5. The Morgan fingerprint density at radius 1 is 1.19 bits per heavy atom. The minimum atomic E-state index is 0.688. The monoisotopic (exact) mass is 298 g/mol. The molecule has 1 N–H and O–H groups in total. The Labute approximate surface area is 128 Å². The smallest absolute Gasteiger partial charge is 0.130 e. The molecule has 0 radical (unpaired) electrons. The van der Waals surface area contributed by atoms with E-state index in [0.29, 0.717) is 6.61 Å². The van der Waals surface area contributed by atoms with E-state index in [1.165, 1.54) is 4.88 Å². The van der Waals surface area contributed by atoms with Gasteiger partial charge in [-0.15, -0.1) is 11.3 Å². The molecule has 0 saturated heterocycles. The molecular formula is C17H18N2OS. The number of benzene rings is 1. The number of nitrogens with zero attached hydrogens (tertiary/aromatic N) is 1. The van der Waals surface area contributed by atoms with Gasteiger partial charge >= 0.3 is 0 Å². The van der Waals surface area contributed by atoms with Crippen LogP contribution in [0, 0.1) is 0 Å². The van der Waals surface area contributed by atoms with Crippen LogP contribution in [0.25, 0.3) is 10.9 Å². The van der Waals surface area contributed by atoms with Crippen molar-refractivity contribution in [1.29, 1.82) is 0 Å². The summed E-state index contributed by atoms with van der Waals surface area (Å²) in [5.41, 5.74) is 1.98. The van der Waals surface area contributed by atoms with Gasteiger partial charge in [0.25, 0.3) is 0 Å². The molecule has 3 aromatic rings. The number of rotatable bonds is 6. The predicted molar refractivity (Wildman–Crippen MR) is 88.0 cm³/mol. The van der Waals surface area contributed by atoms with E-state index in [1.807, 2.05) is 31.3 Å². The lowest BCUT2D eigenvalue weighted by atomic mass is 10.2. The van der Waals surface area contributed by atoms with Crippen LogP contribution in [0.5, 0.6) is 5.75 Å². The molecule has 0 atom stereocenters. The molecule has 108 valence electrons. The molecule has 0 amide bonds. The van der Waals surface area contributed by atoms with Gasteiger partial charge in [-0.25, -0.2) is 0 Å². The van der Waals surface area contributed by atoms with E-state index in [1.54, 1.807) is 11.3 Å². The lowest BCUT2D eigenvalue weighted by molar-refractivity contribution is 0.326. The number of hydrogen-bond donors (Lipinski definition) is 1. The fraction of sp³-hybridized carbons (Fsp3) is 0.235.